The van der Waals surface area contributed by atoms with Crippen LogP contribution in [-0.2, 0) is 12.4 Å². The van der Waals surface area contributed by atoms with Gasteiger partial charge < -0.3 is 15.0 Å². The molecule has 3 heterocycles. The van der Waals surface area contributed by atoms with Crippen LogP contribution >= 0.6 is 0 Å². The molecule has 0 radical (unpaired) electrons. The number of fused-ring (bicyclic) bond motifs is 1. The minimum Gasteiger partial charge on any atom is -0.457 e. The predicted molar refractivity (Wildman–Crippen MR) is 126 cm³/mol. The van der Waals surface area contributed by atoms with Crippen molar-refractivity contribution in [1.82, 2.24) is 24.5 Å². The summed E-state index contributed by atoms with van der Waals surface area (Å²) in [4.78, 5) is 14.3. The van der Waals surface area contributed by atoms with Crippen molar-refractivity contribution in [1.29, 1.82) is 5.41 Å². The summed E-state index contributed by atoms with van der Waals surface area (Å²) in [6, 6.07) is 12.1. The molecule has 5 rings (SSSR count). The summed E-state index contributed by atoms with van der Waals surface area (Å²) in [6.07, 6.45) is -6.01. The van der Waals surface area contributed by atoms with Crippen molar-refractivity contribution in [3.8, 4) is 23.0 Å². The molecule has 0 saturated carbocycles. The molecule has 14 heteroatoms. The Balaban J connectivity index is 1.39. The van der Waals surface area contributed by atoms with Gasteiger partial charge in [0.1, 0.15) is 22.9 Å². The summed E-state index contributed by atoms with van der Waals surface area (Å²) >= 11 is 0. The van der Waals surface area contributed by atoms with Gasteiger partial charge in [-0.05, 0) is 42.5 Å². The first-order chi connectivity index (χ1) is 18.0. The van der Waals surface area contributed by atoms with Crippen LogP contribution in [-0.4, -0.2) is 30.8 Å². The number of nitrogens with one attached hydrogen (secondary N) is 3. The highest BCUT2D eigenvalue weighted by molar-refractivity contribution is 5.88. The molecule has 2 aromatic carbocycles. The smallest absolute Gasteiger partial charge is 0.432 e. The lowest BCUT2D eigenvalue weighted by Gasteiger charge is -2.09. The monoisotopic (exact) mass is 531 g/mol. The molecule has 0 aliphatic carbocycles. The molecule has 0 aliphatic heterocycles. The van der Waals surface area contributed by atoms with Gasteiger partial charge in [0.25, 0.3) is 0 Å². The van der Waals surface area contributed by atoms with Gasteiger partial charge >= 0.3 is 12.4 Å². The number of halogens is 6. The molecule has 3 aromatic heterocycles. The lowest BCUT2D eigenvalue weighted by Crippen LogP contribution is -2.05. The molecular formula is C24H15F6N7O. The van der Waals surface area contributed by atoms with Crippen LogP contribution in [0.1, 0.15) is 11.3 Å². The van der Waals surface area contributed by atoms with Crippen molar-refractivity contribution in [2.75, 3.05) is 5.32 Å². The van der Waals surface area contributed by atoms with Crippen molar-refractivity contribution >= 4 is 29.0 Å². The van der Waals surface area contributed by atoms with Crippen LogP contribution in [0.25, 0.3) is 22.6 Å². The normalized spacial score (nSPS) is 12.1. The fraction of sp³-hybridized carbons (Fsp3) is 0.0833. The maximum atomic E-state index is 12.9. The van der Waals surface area contributed by atoms with Crippen molar-refractivity contribution in [3.05, 3.63) is 78.2 Å². The zero-order valence-corrected chi connectivity index (χ0v) is 18.9. The summed E-state index contributed by atoms with van der Waals surface area (Å²) in [7, 11) is 0. The first kappa shape index (κ1) is 24.8. The zero-order chi connectivity index (χ0) is 27.1. The quantitative estimate of drug-likeness (QED) is 0.126. The lowest BCUT2D eigenvalue weighted by molar-refractivity contribution is -0.141. The number of alkyl halides is 6. The number of aromatic amines is 1. The van der Waals surface area contributed by atoms with E-state index in [1.807, 2.05) is 0 Å². The highest BCUT2D eigenvalue weighted by Crippen LogP contribution is 2.33. The molecule has 8 nitrogen and oxygen atoms in total. The number of hydrogen-bond donors (Lipinski definition) is 3. The number of rotatable bonds is 6. The van der Waals surface area contributed by atoms with Gasteiger partial charge in [-0.1, -0.05) is 0 Å². The molecule has 0 saturated heterocycles. The Kier molecular flexibility index (Phi) is 6.01. The van der Waals surface area contributed by atoms with Gasteiger partial charge in [0.15, 0.2) is 5.82 Å². The van der Waals surface area contributed by atoms with Crippen molar-refractivity contribution in [2.45, 2.75) is 12.4 Å². The summed E-state index contributed by atoms with van der Waals surface area (Å²) in [5.74, 6) is 0.716. The van der Waals surface area contributed by atoms with Crippen LogP contribution in [0.2, 0.25) is 0 Å². The predicted octanol–water partition coefficient (Wildman–Crippen LogP) is 6.85. The lowest BCUT2D eigenvalue weighted by atomic mass is 10.2. The average molecular weight is 531 g/mol. The van der Waals surface area contributed by atoms with Crippen molar-refractivity contribution in [3.63, 3.8) is 0 Å². The number of ether oxygens (including phenoxy) is 1. The van der Waals surface area contributed by atoms with Gasteiger partial charge in [-0.3, -0.25) is 15.0 Å². The Hall–Kier alpha value is -4.88. The maximum absolute atomic E-state index is 12.9. The van der Waals surface area contributed by atoms with Crippen LogP contribution in [0.4, 0.5) is 38.0 Å². The van der Waals surface area contributed by atoms with Gasteiger partial charge in [0.05, 0.1) is 29.1 Å². The van der Waals surface area contributed by atoms with E-state index in [9.17, 15) is 26.3 Å². The second kappa shape index (κ2) is 9.21. The van der Waals surface area contributed by atoms with Crippen molar-refractivity contribution < 1.29 is 31.1 Å². The first-order valence-corrected chi connectivity index (χ1v) is 10.7. The fourth-order valence-corrected chi connectivity index (χ4v) is 3.57. The van der Waals surface area contributed by atoms with Crippen LogP contribution in [0.3, 0.4) is 0 Å². The van der Waals surface area contributed by atoms with Gasteiger partial charge in [-0.2, -0.15) is 26.3 Å². The Morgan fingerprint density at radius 1 is 0.895 bits per heavy atom. The minimum atomic E-state index is -4.57. The number of aromatic nitrogens is 5. The number of hydrogen-bond acceptors (Lipinski definition) is 6. The van der Waals surface area contributed by atoms with E-state index in [0.29, 0.717) is 28.7 Å². The maximum Gasteiger partial charge on any atom is 0.432 e. The number of anilines is 2. The van der Waals surface area contributed by atoms with Crippen LogP contribution in [0.5, 0.6) is 11.5 Å². The van der Waals surface area contributed by atoms with Crippen molar-refractivity contribution in [2.24, 2.45) is 0 Å². The molecular weight excluding hydrogens is 516 g/mol. The van der Waals surface area contributed by atoms with Gasteiger partial charge in [0.2, 0.25) is 5.95 Å². The van der Waals surface area contributed by atoms with E-state index < -0.39 is 23.6 Å². The standard InChI is InChI=1S/C24H15F6N7O/c25-23(26,27)13-1-3-14(4-2-13)34-22-35-17-9-15(5-6-19(17)37(22)12-31)38-16-7-8-32-18(10-16)21-33-11-20(36-21)24(28,29)30/h1-12,31H,(H,33,36)(H,34,35). The second-order valence-corrected chi connectivity index (χ2v) is 7.91. The van der Waals surface area contributed by atoms with E-state index in [1.165, 1.54) is 35.0 Å². The number of benzene rings is 2. The third kappa shape index (κ3) is 5.00. The van der Waals surface area contributed by atoms with Crippen LogP contribution in [0, 0.1) is 5.41 Å². The minimum absolute atomic E-state index is 0.0815. The third-order valence-corrected chi connectivity index (χ3v) is 5.35. The molecule has 0 amide bonds. The highest BCUT2D eigenvalue weighted by atomic mass is 19.4. The molecule has 0 unspecified atom stereocenters. The molecule has 3 N–H and O–H groups in total. The highest BCUT2D eigenvalue weighted by Gasteiger charge is 2.33. The molecule has 0 fully saturated rings. The largest absolute Gasteiger partial charge is 0.457 e. The SMILES string of the molecule is N=Cn1c(Nc2ccc(C(F)(F)F)cc2)nc2cc(Oc3ccnc(-c4ncc(C(F)(F)F)[nH]4)c3)ccc21. The fourth-order valence-electron chi connectivity index (χ4n) is 3.57. The van der Waals surface area contributed by atoms with E-state index in [2.05, 4.69) is 25.3 Å². The Bertz CT molecular complexity index is 1620. The van der Waals surface area contributed by atoms with Gasteiger partial charge in [-0.15, -0.1) is 0 Å². The molecule has 5 aromatic rings. The molecule has 0 bridgehead atoms. The third-order valence-electron chi connectivity index (χ3n) is 5.35. The van der Waals surface area contributed by atoms with Crippen LogP contribution in [0.15, 0.2) is 67.0 Å². The molecule has 0 aliphatic rings. The number of pyridine rings is 1. The molecule has 194 valence electrons. The Morgan fingerprint density at radius 2 is 1.63 bits per heavy atom. The zero-order valence-electron chi connectivity index (χ0n) is 18.9. The number of nitrogens with zero attached hydrogens (tertiary/aromatic N) is 4. The first-order valence-electron chi connectivity index (χ1n) is 10.7. The summed E-state index contributed by atoms with van der Waals surface area (Å²) in [5.41, 5.74) is -0.395. The topological polar surface area (TPSA) is 104 Å². The van der Waals surface area contributed by atoms with E-state index in [0.717, 1.165) is 18.5 Å². The number of H-pyrrole nitrogens is 1. The summed E-state index contributed by atoms with van der Waals surface area (Å²) < 4.78 is 84.3. The van der Waals surface area contributed by atoms with Gasteiger partial charge in [0, 0.05) is 24.0 Å². The van der Waals surface area contributed by atoms with Crippen LogP contribution < -0.4 is 10.1 Å². The van der Waals surface area contributed by atoms with E-state index in [1.54, 1.807) is 18.2 Å². The molecule has 0 spiro atoms. The van der Waals surface area contributed by atoms with E-state index in [-0.39, 0.29) is 23.2 Å². The average Bonchev–Trinajstić information content (AvgIpc) is 3.49. The van der Waals surface area contributed by atoms with E-state index in [4.69, 9.17) is 10.1 Å². The van der Waals surface area contributed by atoms with Gasteiger partial charge in [-0.25, -0.2) is 9.97 Å². The molecule has 0 atom stereocenters. The summed E-state index contributed by atoms with van der Waals surface area (Å²) in [6.45, 7) is 0. The Morgan fingerprint density at radius 3 is 2.29 bits per heavy atom. The second-order valence-electron chi connectivity index (χ2n) is 7.91. The Labute approximate surface area is 209 Å². The summed E-state index contributed by atoms with van der Waals surface area (Å²) in [5, 5.41) is 10.6. The molecule has 38 heavy (non-hydrogen) atoms. The number of imidazole rings is 2. The van der Waals surface area contributed by atoms with E-state index >= 15 is 0 Å².